The number of hydrogen-bond acceptors (Lipinski definition) is 4. The second kappa shape index (κ2) is 2.84. The number of ether oxygens (including phenoxy) is 1. The van der Waals surface area contributed by atoms with Gasteiger partial charge in [0.25, 0.3) is 0 Å². The quantitative estimate of drug-likeness (QED) is 0.402. The van der Waals surface area contributed by atoms with E-state index in [0.717, 1.165) is 0 Å². The molecule has 1 unspecified atom stereocenters. The molecular formula is C6H13NO3. The molecule has 10 heavy (non-hydrogen) atoms. The average molecular weight is 147 g/mol. The highest BCUT2D eigenvalue weighted by atomic mass is 16.6. The Morgan fingerprint density at radius 3 is 2.60 bits per heavy atom. The molecule has 0 spiro atoms. The Morgan fingerprint density at radius 2 is 2.10 bits per heavy atom. The second-order valence-corrected chi connectivity index (χ2v) is 2.69. The van der Waals surface area contributed by atoms with Crippen molar-refractivity contribution in [1.82, 2.24) is 0 Å². The Morgan fingerprint density at radius 1 is 1.50 bits per heavy atom. The van der Waals surface area contributed by atoms with Crippen molar-refractivity contribution in [3.05, 3.63) is 0 Å². The van der Waals surface area contributed by atoms with Gasteiger partial charge in [0.2, 0.25) is 0 Å². The van der Waals surface area contributed by atoms with Gasteiger partial charge in [-0.2, -0.15) is 0 Å². The van der Waals surface area contributed by atoms with Crippen molar-refractivity contribution in [1.29, 1.82) is 0 Å². The molecule has 1 aliphatic heterocycles. The number of aliphatic hydroxyl groups excluding tert-OH is 2. The van der Waals surface area contributed by atoms with Gasteiger partial charge in [-0.3, -0.25) is 0 Å². The summed E-state index contributed by atoms with van der Waals surface area (Å²) in [5, 5.41) is 18.2. The first-order valence-electron chi connectivity index (χ1n) is 3.38. The van der Waals surface area contributed by atoms with E-state index in [1.807, 2.05) is 0 Å². The molecule has 1 aliphatic rings. The molecule has 60 valence electrons. The third-order valence-corrected chi connectivity index (χ3v) is 1.77. The molecule has 0 aromatic carbocycles. The van der Waals surface area contributed by atoms with E-state index in [1.165, 1.54) is 0 Å². The third-order valence-electron chi connectivity index (χ3n) is 1.77. The molecule has 4 N–H and O–H groups in total. The molecular weight excluding hydrogens is 134 g/mol. The van der Waals surface area contributed by atoms with Gasteiger partial charge < -0.3 is 20.7 Å². The minimum Gasteiger partial charge on any atom is -0.389 e. The predicted molar refractivity (Wildman–Crippen MR) is 35.2 cm³/mol. The lowest BCUT2D eigenvalue weighted by molar-refractivity contribution is -0.198. The maximum atomic E-state index is 9.20. The average Bonchev–Trinajstić information content (AvgIpc) is 1.82. The van der Waals surface area contributed by atoms with E-state index in [9.17, 15) is 5.11 Å². The summed E-state index contributed by atoms with van der Waals surface area (Å²) < 4.78 is 4.89. The van der Waals surface area contributed by atoms with Crippen LogP contribution in [0.3, 0.4) is 0 Å². The van der Waals surface area contributed by atoms with Gasteiger partial charge in [0.1, 0.15) is 0 Å². The molecule has 0 amide bonds. The highest BCUT2D eigenvalue weighted by Crippen LogP contribution is 2.16. The lowest BCUT2D eigenvalue weighted by atomic mass is 10.0. The summed E-state index contributed by atoms with van der Waals surface area (Å²) in [4.78, 5) is 0. The Kier molecular flexibility index (Phi) is 2.25. The first-order valence-corrected chi connectivity index (χ1v) is 3.38. The van der Waals surface area contributed by atoms with Crippen LogP contribution in [-0.2, 0) is 4.74 Å². The molecule has 4 atom stereocenters. The van der Waals surface area contributed by atoms with E-state index >= 15 is 0 Å². The van der Waals surface area contributed by atoms with Crippen LogP contribution < -0.4 is 5.73 Å². The molecule has 0 aromatic rings. The topological polar surface area (TPSA) is 75.7 Å². The summed E-state index contributed by atoms with van der Waals surface area (Å²) in [7, 11) is 0. The smallest absolute Gasteiger partial charge is 0.156 e. The SMILES string of the molecule is CC1O[C@@H](O)C[C@@H](N)[C@@H]1O. The summed E-state index contributed by atoms with van der Waals surface area (Å²) in [6.45, 7) is 1.69. The number of hydrogen-bond donors (Lipinski definition) is 3. The van der Waals surface area contributed by atoms with Gasteiger partial charge in [-0.05, 0) is 6.92 Å². The van der Waals surface area contributed by atoms with Gasteiger partial charge in [-0.25, -0.2) is 0 Å². The zero-order chi connectivity index (χ0) is 7.72. The maximum Gasteiger partial charge on any atom is 0.156 e. The fourth-order valence-electron chi connectivity index (χ4n) is 1.10. The third kappa shape index (κ3) is 1.46. The van der Waals surface area contributed by atoms with Gasteiger partial charge >= 0.3 is 0 Å². The van der Waals surface area contributed by atoms with Gasteiger partial charge in [0.15, 0.2) is 6.29 Å². The Balaban J connectivity index is 2.49. The van der Waals surface area contributed by atoms with Crippen LogP contribution in [0.15, 0.2) is 0 Å². The highest BCUT2D eigenvalue weighted by molar-refractivity contribution is 4.82. The van der Waals surface area contributed by atoms with Crippen molar-refractivity contribution in [2.24, 2.45) is 5.73 Å². The standard InChI is InChI=1S/C6H13NO3/c1-3-6(9)4(7)2-5(8)10-3/h3-6,8-9H,2,7H2,1H3/t3?,4-,5-,6-/m1/s1. The molecule has 0 radical (unpaired) electrons. The monoisotopic (exact) mass is 147 g/mol. The number of nitrogens with two attached hydrogens (primary N) is 1. The summed E-state index contributed by atoms with van der Waals surface area (Å²) in [5.74, 6) is 0. The largest absolute Gasteiger partial charge is 0.389 e. The zero-order valence-electron chi connectivity index (χ0n) is 5.90. The normalized spacial score (nSPS) is 49.2. The second-order valence-electron chi connectivity index (χ2n) is 2.69. The van der Waals surface area contributed by atoms with Gasteiger partial charge in [-0.1, -0.05) is 0 Å². The van der Waals surface area contributed by atoms with Crippen molar-refractivity contribution < 1.29 is 14.9 Å². The van der Waals surface area contributed by atoms with Crippen LogP contribution in [0.4, 0.5) is 0 Å². The first kappa shape index (κ1) is 7.94. The van der Waals surface area contributed by atoms with Crippen LogP contribution in [0.5, 0.6) is 0 Å². The first-order chi connectivity index (χ1) is 4.61. The fraction of sp³-hybridized carbons (Fsp3) is 1.00. The van der Waals surface area contributed by atoms with Gasteiger partial charge in [0.05, 0.1) is 12.2 Å². The molecule has 4 heteroatoms. The van der Waals surface area contributed by atoms with Crippen molar-refractivity contribution in [3.63, 3.8) is 0 Å². The van der Waals surface area contributed by atoms with E-state index in [2.05, 4.69) is 0 Å². The van der Waals surface area contributed by atoms with Crippen LogP contribution in [0.2, 0.25) is 0 Å². The molecule has 0 bridgehead atoms. The molecule has 0 aliphatic carbocycles. The van der Waals surface area contributed by atoms with Crippen LogP contribution in [0, 0.1) is 0 Å². The molecule has 1 saturated heterocycles. The van der Waals surface area contributed by atoms with E-state index in [0.29, 0.717) is 6.42 Å². The predicted octanol–water partition coefficient (Wildman–Crippen LogP) is -1.20. The van der Waals surface area contributed by atoms with Crippen LogP contribution in [-0.4, -0.2) is 34.8 Å². The van der Waals surface area contributed by atoms with Crippen molar-refractivity contribution >= 4 is 0 Å². The molecule has 4 nitrogen and oxygen atoms in total. The Bertz CT molecular complexity index is 108. The molecule has 0 aromatic heterocycles. The van der Waals surface area contributed by atoms with Crippen molar-refractivity contribution in [2.75, 3.05) is 0 Å². The van der Waals surface area contributed by atoms with Crippen LogP contribution >= 0.6 is 0 Å². The van der Waals surface area contributed by atoms with Gasteiger partial charge in [-0.15, -0.1) is 0 Å². The van der Waals surface area contributed by atoms with Crippen LogP contribution in [0.1, 0.15) is 13.3 Å². The zero-order valence-corrected chi connectivity index (χ0v) is 5.90. The minimum absolute atomic E-state index is 0.311. The van der Waals surface area contributed by atoms with E-state index in [4.69, 9.17) is 15.6 Å². The molecule has 0 saturated carbocycles. The Hall–Kier alpha value is -0.160. The van der Waals surface area contributed by atoms with Crippen molar-refractivity contribution in [3.8, 4) is 0 Å². The highest BCUT2D eigenvalue weighted by Gasteiger charge is 2.31. The lowest BCUT2D eigenvalue weighted by Gasteiger charge is -2.33. The minimum atomic E-state index is -0.812. The maximum absolute atomic E-state index is 9.20. The van der Waals surface area contributed by atoms with E-state index < -0.39 is 12.4 Å². The van der Waals surface area contributed by atoms with Crippen LogP contribution in [0.25, 0.3) is 0 Å². The molecule has 1 heterocycles. The van der Waals surface area contributed by atoms with Crippen molar-refractivity contribution in [2.45, 2.75) is 37.9 Å². The summed E-state index contributed by atoms with van der Waals surface area (Å²) in [6, 6.07) is -0.362. The van der Waals surface area contributed by atoms with E-state index in [1.54, 1.807) is 6.92 Å². The Labute approximate surface area is 59.6 Å². The van der Waals surface area contributed by atoms with Gasteiger partial charge in [0, 0.05) is 12.5 Å². The van der Waals surface area contributed by atoms with E-state index in [-0.39, 0.29) is 12.1 Å². The summed E-state index contributed by atoms with van der Waals surface area (Å²) in [5.41, 5.74) is 5.47. The number of aliphatic hydroxyl groups is 2. The summed E-state index contributed by atoms with van der Waals surface area (Å²) in [6.07, 6.45) is -1.51. The molecule has 1 fully saturated rings. The molecule has 1 rings (SSSR count). The fourth-order valence-corrected chi connectivity index (χ4v) is 1.10. The lowest BCUT2D eigenvalue weighted by Crippen LogP contribution is -2.51. The summed E-state index contributed by atoms with van der Waals surface area (Å²) >= 11 is 0. The number of rotatable bonds is 0.